The topological polar surface area (TPSA) is 80.6 Å². The highest BCUT2D eigenvalue weighted by Crippen LogP contribution is 2.17. The van der Waals surface area contributed by atoms with Gasteiger partial charge in [0.25, 0.3) is 11.8 Å². The van der Waals surface area contributed by atoms with Crippen LogP contribution in [0.25, 0.3) is 0 Å². The molecule has 0 radical (unpaired) electrons. The molecule has 0 unspecified atom stereocenters. The van der Waals surface area contributed by atoms with Crippen LogP contribution in [-0.4, -0.2) is 18.4 Å². The Bertz CT molecular complexity index is 967. The number of anilines is 1. The molecule has 0 spiro atoms. The summed E-state index contributed by atoms with van der Waals surface area (Å²) in [6, 6.07) is 15.4. The third-order valence-electron chi connectivity index (χ3n) is 3.80. The molecule has 7 heteroatoms. The molecule has 3 rings (SSSR count). The number of furan rings is 1. The molecule has 0 aliphatic carbocycles. The normalized spacial score (nSPS) is 10.4. The van der Waals surface area contributed by atoms with E-state index in [4.69, 9.17) is 9.15 Å². The Morgan fingerprint density at radius 1 is 1.04 bits per heavy atom. The molecule has 0 atom stereocenters. The molecule has 0 saturated carbocycles. The van der Waals surface area contributed by atoms with E-state index in [1.807, 2.05) is 6.92 Å². The van der Waals surface area contributed by atoms with Crippen molar-refractivity contribution in [1.82, 2.24) is 5.32 Å². The average Bonchev–Trinajstić information content (AvgIpc) is 3.17. The van der Waals surface area contributed by atoms with Crippen molar-refractivity contribution < 1.29 is 23.1 Å². The van der Waals surface area contributed by atoms with Gasteiger partial charge in [-0.3, -0.25) is 9.59 Å². The zero-order valence-corrected chi connectivity index (χ0v) is 15.2. The first-order valence-corrected chi connectivity index (χ1v) is 8.72. The van der Waals surface area contributed by atoms with E-state index in [9.17, 15) is 14.0 Å². The Balaban J connectivity index is 1.60. The molecule has 2 N–H and O–H groups in total. The van der Waals surface area contributed by atoms with E-state index < -0.39 is 5.91 Å². The Kier molecular flexibility index (Phi) is 6.06. The molecule has 0 bridgehead atoms. The Hall–Kier alpha value is -3.61. The van der Waals surface area contributed by atoms with Gasteiger partial charge in [-0.15, -0.1) is 0 Å². The van der Waals surface area contributed by atoms with Crippen LogP contribution in [0.4, 0.5) is 10.1 Å². The number of carbonyl (C=O) groups excluding carboxylic acids is 2. The molecule has 0 fully saturated rings. The van der Waals surface area contributed by atoms with E-state index in [1.54, 1.807) is 30.3 Å². The highest BCUT2D eigenvalue weighted by molar-refractivity contribution is 6.03. The fraction of sp³-hybridized carbons (Fsp3) is 0.143. The van der Waals surface area contributed by atoms with Gasteiger partial charge in [0.1, 0.15) is 23.9 Å². The summed E-state index contributed by atoms with van der Waals surface area (Å²) in [6.45, 7) is 2.45. The SMILES string of the molecule is CCNC(=O)c1cccc(NC(=O)c2ccc(COc3ccc(F)cc3)o2)c1. The van der Waals surface area contributed by atoms with Gasteiger partial charge in [-0.05, 0) is 61.5 Å². The van der Waals surface area contributed by atoms with Crippen molar-refractivity contribution in [2.45, 2.75) is 13.5 Å². The number of ether oxygens (including phenoxy) is 1. The molecule has 2 amide bonds. The monoisotopic (exact) mass is 382 g/mol. The summed E-state index contributed by atoms with van der Waals surface area (Å²) in [7, 11) is 0. The number of hydrogen-bond donors (Lipinski definition) is 2. The smallest absolute Gasteiger partial charge is 0.291 e. The predicted molar refractivity (Wildman–Crippen MR) is 102 cm³/mol. The van der Waals surface area contributed by atoms with Gasteiger partial charge < -0.3 is 19.8 Å². The van der Waals surface area contributed by atoms with Gasteiger partial charge in [-0.2, -0.15) is 0 Å². The number of halogens is 1. The zero-order valence-electron chi connectivity index (χ0n) is 15.2. The number of hydrogen-bond acceptors (Lipinski definition) is 4. The molecule has 0 aliphatic rings. The highest BCUT2D eigenvalue weighted by Gasteiger charge is 2.13. The molecule has 0 aliphatic heterocycles. The highest BCUT2D eigenvalue weighted by atomic mass is 19.1. The van der Waals surface area contributed by atoms with E-state index in [2.05, 4.69) is 10.6 Å². The van der Waals surface area contributed by atoms with E-state index in [0.717, 1.165) is 0 Å². The first-order chi connectivity index (χ1) is 13.5. The summed E-state index contributed by atoms with van der Waals surface area (Å²) in [4.78, 5) is 24.2. The molecule has 144 valence electrons. The van der Waals surface area contributed by atoms with Crippen LogP contribution < -0.4 is 15.4 Å². The van der Waals surface area contributed by atoms with Crippen LogP contribution in [0.15, 0.2) is 65.1 Å². The molecular formula is C21H19FN2O4. The third kappa shape index (κ3) is 4.97. The predicted octanol–water partition coefficient (Wildman–Crippen LogP) is 4.00. The van der Waals surface area contributed by atoms with Crippen molar-refractivity contribution in [1.29, 1.82) is 0 Å². The van der Waals surface area contributed by atoms with Gasteiger partial charge in [-0.1, -0.05) is 6.07 Å². The average molecular weight is 382 g/mol. The van der Waals surface area contributed by atoms with Crippen LogP contribution in [0, 0.1) is 5.82 Å². The minimum Gasteiger partial charge on any atom is -0.486 e. The summed E-state index contributed by atoms with van der Waals surface area (Å²) in [5, 5.41) is 5.40. The van der Waals surface area contributed by atoms with Crippen LogP contribution in [0.3, 0.4) is 0 Å². The lowest BCUT2D eigenvalue weighted by Crippen LogP contribution is -2.22. The Morgan fingerprint density at radius 3 is 2.57 bits per heavy atom. The van der Waals surface area contributed by atoms with E-state index in [1.165, 1.54) is 30.3 Å². The number of nitrogens with one attached hydrogen (secondary N) is 2. The molecule has 2 aromatic carbocycles. The van der Waals surface area contributed by atoms with Crippen LogP contribution in [0.5, 0.6) is 5.75 Å². The van der Waals surface area contributed by atoms with Gasteiger partial charge >= 0.3 is 0 Å². The number of rotatable bonds is 7. The quantitative estimate of drug-likeness (QED) is 0.647. The summed E-state index contributed by atoms with van der Waals surface area (Å²) >= 11 is 0. The second-order valence-electron chi connectivity index (χ2n) is 5.90. The van der Waals surface area contributed by atoms with Crippen molar-refractivity contribution in [3.63, 3.8) is 0 Å². The third-order valence-corrected chi connectivity index (χ3v) is 3.80. The Labute approximate surface area is 161 Å². The van der Waals surface area contributed by atoms with Crippen molar-refractivity contribution in [3.05, 3.63) is 83.6 Å². The number of benzene rings is 2. The lowest BCUT2D eigenvalue weighted by Gasteiger charge is -2.06. The maximum absolute atomic E-state index is 12.9. The first-order valence-electron chi connectivity index (χ1n) is 8.72. The standard InChI is InChI=1S/C21H19FN2O4/c1-2-23-20(25)14-4-3-5-16(12-14)24-21(26)19-11-10-18(28-19)13-27-17-8-6-15(22)7-9-17/h3-12H,2,13H2,1H3,(H,23,25)(H,24,26). The van der Waals surface area contributed by atoms with Gasteiger partial charge in [0.05, 0.1) is 0 Å². The van der Waals surface area contributed by atoms with Crippen molar-refractivity contribution in [3.8, 4) is 5.75 Å². The number of carbonyl (C=O) groups is 2. The minimum absolute atomic E-state index is 0.103. The van der Waals surface area contributed by atoms with Gasteiger partial charge in [0, 0.05) is 17.8 Å². The van der Waals surface area contributed by atoms with Crippen LogP contribution in [0.1, 0.15) is 33.6 Å². The second-order valence-corrected chi connectivity index (χ2v) is 5.90. The summed E-state index contributed by atoms with van der Waals surface area (Å²) in [5.41, 5.74) is 0.932. The summed E-state index contributed by atoms with van der Waals surface area (Å²) in [5.74, 6) is 0.0519. The molecule has 3 aromatic rings. The maximum atomic E-state index is 12.9. The summed E-state index contributed by atoms with van der Waals surface area (Å²) < 4.78 is 23.9. The molecule has 28 heavy (non-hydrogen) atoms. The van der Waals surface area contributed by atoms with E-state index in [0.29, 0.717) is 29.3 Å². The van der Waals surface area contributed by atoms with E-state index >= 15 is 0 Å². The molecule has 0 saturated heterocycles. The lowest BCUT2D eigenvalue weighted by molar-refractivity contribution is 0.0953. The van der Waals surface area contributed by atoms with Crippen LogP contribution >= 0.6 is 0 Å². The van der Waals surface area contributed by atoms with Crippen LogP contribution in [0.2, 0.25) is 0 Å². The lowest BCUT2D eigenvalue weighted by atomic mass is 10.2. The van der Waals surface area contributed by atoms with Gasteiger partial charge in [-0.25, -0.2) is 4.39 Å². The van der Waals surface area contributed by atoms with E-state index in [-0.39, 0.29) is 24.1 Å². The zero-order chi connectivity index (χ0) is 19.9. The minimum atomic E-state index is -0.443. The molecule has 1 aromatic heterocycles. The van der Waals surface area contributed by atoms with Crippen molar-refractivity contribution in [2.24, 2.45) is 0 Å². The van der Waals surface area contributed by atoms with Crippen LogP contribution in [-0.2, 0) is 6.61 Å². The maximum Gasteiger partial charge on any atom is 0.291 e. The second kappa shape index (κ2) is 8.85. The van der Waals surface area contributed by atoms with Gasteiger partial charge in [0.15, 0.2) is 5.76 Å². The van der Waals surface area contributed by atoms with Gasteiger partial charge in [0.2, 0.25) is 0 Å². The Morgan fingerprint density at radius 2 is 1.82 bits per heavy atom. The summed E-state index contributed by atoms with van der Waals surface area (Å²) in [6.07, 6.45) is 0. The molecular weight excluding hydrogens is 363 g/mol. The fourth-order valence-electron chi connectivity index (χ4n) is 2.46. The van der Waals surface area contributed by atoms with Crippen molar-refractivity contribution >= 4 is 17.5 Å². The largest absolute Gasteiger partial charge is 0.486 e. The first kappa shape index (κ1) is 19.2. The fourth-order valence-corrected chi connectivity index (χ4v) is 2.46. The number of amides is 2. The molecule has 6 nitrogen and oxygen atoms in total. The molecule has 1 heterocycles. The van der Waals surface area contributed by atoms with Crippen molar-refractivity contribution in [2.75, 3.05) is 11.9 Å².